The van der Waals surface area contributed by atoms with Gasteiger partial charge >= 0.3 is 6.18 Å². The summed E-state index contributed by atoms with van der Waals surface area (Å²) in [4.78, 5) is 4.36. The SMILES string of the molecule is COc1nc(-c2ccc(C(F)(F)F)cc2)cc2c(N)cccc12. The highest BCUT2D eigenvalue weighted by Gasteiger charge is 2.30. The summed E-state index contributed by atoms with van der Waals surface area (Å²) in [6.07, 6.45) is -4.36. The Kier molecular flexibility index (Phi) is 3.60. The quantitative estimate of drug-likeness (QED) is 0.707. The molecule has 0 bridgehead atoms. The number of halogens is 3. The standard InChI is InChI=1S/C17H13F3N2O/c1-23-16-12-3-2-4-14(21)13(12)9-15(22-16)10-5-7-11(8-6-10)17(18,19)20/h2-9H,21H2,1H3. The van der Waals surface area contributed by atoms with Crippen molar-refractivity contribution in [3.05, 3.63) is 54.1 Å². The molecule has 0 spiro atoms. The Hall–Kier alpha value is -2.76. The number of hydrogen-bond donors (Lipinski definition) is 1. The van der Waals surface area contributed by atoms with Crippen molar-refractivity contribution in [3.63, 3.8) is 0 Å². The van der Waals surface area contributed by atoms with Gasteiger partial charge in [0.15, 0.2) is 0 Å². The smallest absolute Gasteiger partial charge is 0.416 e. The van der Waals surface area contributed by atoms with Crippen LogP contribution in [-0.2, 0) is 6.18 Å². The van der Waals surface area contributed by atoms with Crippen molar-refractivity contribution in [1.82, 2.24) is 4.98 Å². The summed E-state index contributed by atoms with van der Waals surface area (Å²) in [5.41, 5.74) is 6.89. The molecule has 1 aromatic heterocycles. The molecule has 6 heteroatoms. The first-order valence-electron chi connectivity index (χ1n) is 6.81. The minimum atomic E-state index is -4.36. The molecule has 118 valence electrons. The van der Waals surface area contributed by atoms with E-state index in [1.54, 1.807) is 18.2 Å². The summed E-state index contributed by atoms with van der Waals surface area (Å²) >= 11 is 0. The van der Waals surface area contributed by atoms with Gasteiger partial charge in [-0.3, -0.25) is 0 Å². The van der Waals surface area contributed by atoms with Crippen molar-refractivity contribution < 1.29 is 17.9 Å². The van der Waals surface area contributed by atoms with Crippen LogP contribution in [0.1, 0.15) is 5.56 Å². The van der Waals surface area contributed by atoms with Crippen LogP contribution in [-0.4, -0.2) is 12.1 Å². The fourth-order valence-corrected chi connectivity index (χ4v) is 2.40. The molecule has 3 nitrogen and oxygen atoms in total. The molecular formula is C17H13F3N2O. The van der Waals surface area contributed by atoms with Gasteiger partial charge in [0.05, 0.1) is 18.4 Å². The summed E-state index contributed by atoms with van der Waals surface area (Å²) < 4.78 is 43.2. The zero-order valence-corrected chi connectivity index (χ0v) is 12.2. The number of aromatic nitrogens is 1. The Labute approximate surface area is 130 Å². The third-order valence-corrected chi connectivity index (χ3v) is 3.57. The molecule has 1 heterocycles. The molecule has 0 aliphatic rings. The molecule has 2 aromatic carbocycles. The molecule has 0 amide bonds. The summed E-state index contributed by atoms with van der Waals surface area (Å²) in [5.74, 6) is 0.379. The predicted molar refractivity (Wildman–Crippen MR) is 83.1 cm³/mol. The van der Waals surface area contributed by atoms with Crippen LogP contribution in [0.15, 0.2) is 48.5 Å². The molecule has 0 fully saturated rings. The molecule has 3 rings (SSSR count). The maximum Gasteiger partial charge on any atom is 0.416 e. The maximum absolute atomic E-state index is 12.6. The molecule has 3 aromatic rings. The summed E-state index contributed by atoms with van der Waals surface area (Å²) in [5, 5.41) is 1.50. The van der Waals surface area contributed by atoms with E-state index in [2.05, 4.69) is 4.98 Å². The van der Waals surface area contributed by atoms with Crippen molar-refractivity contribution in [3.8, 4) is 17.1 Å². The van der Waals surface area contributed by atoms with Crippen LogP contribution in [0, 0.1) is 0 Å². The zero-order chi connectivity index (χ0) is 16.6. The normalized spacial score (nSPS) is 11.7. The van der Waals surface area contributed by atoms with Gasteiger partial charge in [-0.05, 0) is 30.3 Å². The zero-order valence-electron chi connectivity index (χ0n) is 12.2. The van der Waals surface area contributed by atoms with E-state index in [1.165, 1.54) is 19.2 Å². The van der Waals surface area contributed by atoms with E-state index in [0.29, 0.717) is 22.8 Å². The Morgan fingerprint density at radius 3 is 2.30 bits per heavy atom. The molecular weight excluding hydrogens is 305 g/mol. The summed E-state index contributed by atoms with van der Waals surface area (Å²) in [6.45, 7) is 0. The molecule has 0 unspecified atom stereocenters. The Morgan fingerprint density at radius 2 is 1.70 bits per heavy atom. The molecule has 0 atom stereocenters. The predicted octanol–water partition coefficient (Wildman–Crippen LogP) is 4.51. The Balaban J connectivity index is 2.15. The van der Waals surface area contributed by atoms with Gasteiger partial charge in [-0.1, -0.05) is 18.2 Å². The van der Waals surface area contributed by atoms with Crippen molar-refractivity contribution in [2.24, 2.45) is 0 Å². The van der Waals surface area contributed by atoms with E-state index in [1.807, 2.05) is 6.07 Å². The second-order valence-corrected chi connectivity index (χ2v) is 5.03. The van der Waals surface area contributed by atoms with Gasteiger partial charge in [-0.2, -0.15) is 13.2 Å². The largest absolute Gasteiger partial charge is 0.481 e. The highest BCUT2D eigenvalue weighted by molar-refractivity contribution is 5.98. The number of fused-ring (bicyclic) bond motifs is 1. The first kappa shape index (κ1) is 15.1. The number of nitrogen functional groups attached to an aromatic ring is 1. The molecule has 0 saturated heterocycles. The van der Waals surface area contributed by atoms with Gasteiger partial charge in [0, 0.05) is 22.0 Å². The molecule has 2 N–H and O–H groups in total. The third-order valence-electron chi connectivity index (χ3n) is 3.57. The van der Waals surface area contributed by atoms with Crippen LogP contribution < -0.4 is 10.5 Å². The van der Waals surface area contributed by atoms with Crippen molar-refractivity contribution in [1.29, 1.82) is 0 Å². The van der Waals surface area contributed by atoms with Crippen LogP contribution >= 0.6 is 0 Å². The van der Waals surface area contributed by atoms with Crippen molar-refractivity contribution >= 4 is 16.5 Å². The van der Waals surface area contributed by atoms with Gasteiger partial charge in [0.2, 0.25) is 5.88 Å². The van der Waals surface area contributed by atoms with Crippen molar-refractivity contribution in [2.75, 3.05) is 12.8 Å². The molecule has 23 heavy (non-hydrogen) atoms. The monoisotopic (exact) mass is 318 g/mol. The van der Waals surface area contributed by atoms with Crippen LogP contribution in [0.3, 0.4) is 0 Å². The first-order chi connectivity index (χ1) is 10.9. The second-order valence-electron chi connectivity index (χ2n) is 5.03. The fourth-order valence-electron chi connectivity index (χ4n) is 2.40. The lowest BCUT2D eigenvalue weighted by Crippen LogP contribution is -2.04. The fraction of sp³-hybridized carbons (Fsp3) is 0.118. The topological polar surface area (TPSA) is 48.1 Å². The lowest BCUT2D eigenvalue weighted by Gasteiger charge is -2.11. The summed E-state index contributed by atoms with van der Waals surface area (Å²) in [6, 6.07) is 11.9. The van der Waals surface area contributed by atoms with Gasteiger partial charge in [0.25, 0.3) is 0 Å². The molecule has 0 aliphatic carbocycles. The average molecular weight is 318 g/mol. The van der Waals surface area contributed by atoms with E-state index in [0.717, 1.165) is 22.9 Å². The van der Waals surface area contributed by atoms with E-state index < -0.39 is 11.7 Å². The maximum atomic E-state index is 12.6. The van der Waals surface area contributed by atoms with Gasteiger partial charge < -0.3 is 10.5 Å². The Morgan fingerprint density at radius 1 is 1.00 bits per heavy atom. The number of methoxy groups -OCH3 is 1. The number of rotatable bonds is 2. The Bertz CT molecular complexity index is 858. The van der Waals surface area contributed by atoms with E-state index >= 15 is 0 Å². The van der Waals surface area contributed by atoms with Crippen LogP contribution in [0.25, 0.3) is 22.0 Å². The number of alkyl halides is 3. The van der Waals surface area contributed by atoms with E-state index in [4.69, 9.17) is 10.5 Å². The van der Waals surface area contributed by atoms with Crippen LogP contribution in [0.4, 0.5) is 18.9 Å². The van der Waals surface area contributed by atoms with Gasteiger partial charge in [-0.25, -0.2) is 4.98 Å². The number of pyridine rings is 1. The molecule has 0 saturated carbocycles. The van der Waals surface area contributed by atoms with E-state index in [-0.39, 0.29) is 0 Å². The number of ether oxygens (including phenoxy) is 1. The highest BCUT2D eigenvalue weighted by Crippen LogP contribution is 2.34. The van der Waals surface area contributed by atoms with Crippen LogP contribution in [0.5, 0.6) is 5.88 Å². The lowest BCUT2D eigenvalue weighted by atomic mass is 10.0. The van der Waals surface area contributed by atoms with Gasteiger partial charge in [-0.15, -0.1) is 0 Å². The van der Waals surface area contributed by atoms with E-state index in [9.17, 15) is 13.2 Å². The highest BCUT2D eigenvalue weighted by atomic mass is 19.4. The number of nitrogens with two attached hydrogens (primary N) is 1. The lowest BCUT2D eigenvalue weighted by molar-refractivity contribution is -0.137. The first-order valence-corrected chi connectivity index (χ1v) is 6.81. The van der Waals surface area contributed by atoms with Gasteiger partial charge in [0.1, 0.15) is 0 Å². The average Bonchev–Trinajstić information content (AvgIpc) is 2.54. The number of nitrogens with zero attached hydrogens (tertiary/aromatic N) is 1. The van der Waals surface area contributed by atoms with Crippen molar-refractivity contribution in [2.45, 2.75) is 6.18 Å². The molecule has 0 aliphatic heterocycles. The molecule has 0 radical (unpaired) electrons. The second kappa shape index (κ2) is 5.46. The number of anilines is 1. The summed E-state index contributed by atoms with van der Waals surface area (Å²) in [7, 11) is 1.49. The number of hydrogen-bond acceptors (Lipinski definition) is 3. The number of benzene rings is 2. The van der Waals surface area contributed by atoms with Crippen LogP contribution in [0.2, 0.25) is 0 Å². The minimum Gasteiger partial charge on any atom is -0.481 e. The third kappa shape index (κ3) is 2.79. The minimum absolute atomic E-state index is 0.379.